The van der Waals surface area contributed by atoms with E-state index in [0.717, 1.165) is 29.4 Å². The van der Waals surface area contributed by atoms with Crippen molar-refractivity contribution in [3.8, 4) is 17.3 Å². The third kappa shape index (κ3) is 4.39. The number of hydrogen-bond donors (Lipinski definition) is 2. The second kappa shape index (κ2) is 8.77. The molecule has 4 heterocycles. The van der Waals surface area contributed by atoms with Gasteiger partial charge < -0.3 is 19.3 Å². The molecule has 0 aliphatic carbocycles. The lowest BCUT2D eigenvalue weighted by Crippen LogP contribution is -3.10. The number of pyridine rings is 1. The fourth-order valence-corrected chi connectivity index (χ4v) is 4.21. The van der Waals surface area contributed by atoms with E-state index in [1.54, 1.807) is 15.8 Å². The summed E-state index contributed by atoms with van der Waals surface area (Å²) >= 11 is 0. The summed E-state index contributed by atoms with van der Waals surface area (Å²) in [6, 6.07) is 11.5. The summed E-state index contributed by atoms with van der Waals surface area (Å²) < 4.78 is 12.7. The molecule has 3 aromatic rings. The number of quaternary nitrogens is 1. The molecule has 1 amide bonds. The van der Waals surface area contributed by atoms with Crippen LogP contribution in [-0.4, -0.2) is 53.9 Å². The number of likely N-dealkylation sites (tertiary alicyclic amines) is 1. The minimum atomic E-state index is -0.00759. The summed E-state index contributed by atoms with van der Waals surface area (Å²) in [5, 5.41) is 3.06. The first kappa shape index (κ1) is 19.6. The van der Waals surface area contributed by atoms with Crippen LogP contribution < -0.4 is 19.1 Å². The Hall–Kier alpha value is -3.39. The van der Waals surface area contributed by atoms with Crippen LogP contribution in [0.4, 0.5) is 0 Å². The number of amides is 1. The van der Waals surface area contributed by atoms with E-state index in [-0.39, 0.29) is 12.7 Å². The maximum Gasteiger partial charge on any atom is 0.346 e. The highest BCUT2D eigenvalue weighted by atomic mass is 16.7. The quantitative estimate of drug-likeness (QED) is 0.552. The van der Waals surface area contributed by atoms with Crippen LogP contribution in [0.15, 0.2) is 55.0 Å². The molecule has 31 heavy (non-hydrogen) atoms. The van der Waals surface area contributed by atoms with Crippen LogP contribution in [0.25, 0.3) is 5.82 Å². The Labute approximate surface area is 181 Å². The Morgan fingerprint density at radius 3 is 2.81 bits per heavy atom. The smallest absolute Gasteiger partial charge is 0.346 e. The van der Waals surface area contributed by atoms with Crippen LogP contribution in [0.3, 0.4) is 0 Å². The largest absolute Gasteiger partial charge is 0.454 e. The average Bonchev–Trinajstić information content (AvgIpc) is 3.58. The number of aromatic nitrogens is 3. The lowest BCUT2D eigenvalue weighted by molar-refractivity contribution is -0.886. The predicted molar refractivity (Wildman–Crippen MR) is 112 cm³/mol. The van der Waals surface area contributed by atoms with Crippen LogP contribution in [-0.2, 0) is 6.54 Å². The van der Waals surface area contributed by atoms with Crippen molar-refractivity contribution in [1.29, 1.82) is 0 Å². The summed E-state index contributed by atoms with van der Waals surface area (Å²) in [6.45, 7) is 4.81. The van der Waals surface area contributed by atoms with Crippen LogP contribution >= 0.6 is 0 Å². The highest BCUT2D eigenvalue weighted by molar-refractivity contribution is 5.94. The van der Waals surface area contributed by atoms with Gasteiger partial charge in [-0.2, -0.15) is 0 Å². The standard InChI is InChI=1S/C23H25N5O3/c29-23(19-5-7-22(24-15-19)28-11-3-8-25-28)27(13-12-26-9-1-2-10-26)16-18-4-6-20-21(14-18)31-17-30-20/h3-8,11,14-15H,1-2,9-10,12-13,16-17H2/p+2. The summed E-state index contributed by atoms with van der Waals surface area (Å²) in [4.78, 5) is 21.3. The second-order valence-corrected chi connectivity index (χ2v) is 8.03. The van der Waals surface area contributed by atoms with Gasteiger partial charge >= 0.3 is 5.82 Å². The van der Waals surface area contributed by atoms with Crippen LogP contribution in [0.2, 0.25) is 0 Å². The van der Waals surface area contributed by atoms with Crippen molar-refractivity contribution < 1.29 is 23.8 Å². The monoisotopic (exact) mass is 421 g/mol. The van der Waals surface area contributed by atoms with Crippen molar-refractivity contribution in [2.75, 3.05) is 33.0 Å². The molecule has 0 bridgehead atoms. The first-order valence-electron chi connectivity index (χ1n) is 10.8. The Kier molecular flexibility index (Phi) is 5.54. The number of H-pyrrole nitrogens is 1. The molecule has 160 valence electrons. The number of nitrogens with zero attached hydrogens (tertiary/aromatic N) is 3. The van der Waals surface area contributed by atoms with Gasteiger partial charge in [-0.1, -0.05) is 6.07 Å². The molecule has 0 atom stereocenters. The SMILES string of the molecule is O=C(c1ccc(-[n+]2ccc[nH]2)nc1)N(CC[NH+]1CCCC1)Cc1ccc2c(c1)OCO2. The molecule has 1 saturated heterocycles. The van der Waals surface area contributed by atoms with E-state index in [0.29, 0.717) is 18.7 Å². The van der Waals surface area contributed by atoms with Gasteiger partial charge in [-0.25, -0.2) is 5.10 Å². The molecule has 0 spiro atoms. The minimum absolute atomic E-state index is 0.00759. The zero-order valence-electron chi connectivity index (χ0n) is 17.4. The molecule has 2 N–H and O–H groups in total. The van der Waals surface area contributed by atoms with Gasteiger partial charge in [0.15, 0.2) is 17.7 Å². The predicted octanol–water partition coefficient (Wildman–Crippen LogP) is 0.736. The van der Waals surface area contributed by atoms with E-state index in [1.165, 1.54) is 25.9 Å². The van der Waals surface area contributed by atoms with Crippen molar-refractivity contribution in [1.82, 2.24) is 15.0 Å². The van der Waals surface area contributed by atoms with Crippen LogP contribution in [0.1, 0.15) is 28.8 Å². The highest BCUT2D eigenvalue weighted by Gasteiger charge is 2.23. The molecule has 8 heteroatoms. The van der Waals surface area contributed by atoms with Crippen LogP contribution in [0.5, 0.6) is 11.5 Å². The van der Waals surface area contributed by atoms with E-state index >= 15 is 0 Å². The molecule has 2 aliphatic heterocycles. The summed E-state index contributed by atoms with van der Waals surface area (Å²) in [6.07, 6.45) is 7.91. The van der Waals surface area contributed by atoms with Crippen LogP contribution in [0, 0.1) is 0 Å². The topological polar surface area (TPSA) is 75.8 Å². The Morgan fingerprint density at radius 2 is 2.03 bits per heavy atom. The number of carbonyl (C=O) groups is 1. The first-order valence-corrected chi connectivity index (χ1v) is 10.8. The molecule has 2 aliphatic rings. The molecular formula is C23H27N5O3+2. The fraction of sp³-hybridized carbons (Fsp3) is 0.348. The Morgan fingerprint density at radius 1 is 1.16 bits per heavy atom. The van der Waals surface area contributed by atoms with Gasteiger partial charge in [0.05, 0.1) is 31.7 Å². The third-order valence-electron chi connectivity index (χ3n) is 5.93. The van der Waals surface area contributed by atoms with Crippen molar-refractivity contribution in [3.05, 3.63) is 66.1 Å². The van der Waals surface area contributed by atoms with E-state index in [4.69, 9.17) is 9.47 Å². The summed E-state index contributed by atoms with van der Waals surface area (Å²) in [5.74, 6) is 2.23. The zero-order valence-corrected chi connectivity index (χ0v) is 17.4. The van der Waals surface area contributed by atoms with Gasteiger partial charge in [0, 0.05) is 31.6 Å². The molecule has 0 unspecified atom stereocenters. The number of hydrogen-bond acceptors (Lipinski definition) is 4. The lowest BCUT2D eigenvalue weighted by atomic mass is 10.1. The van der Waals surface area contributed by atoms with Gasteiger partial charge in [0.2, 0.25) is 6.79 Å². The lowest BCUT2D eigenvalue weighted by Gasteiger charge is -2.24. The second-order valence-electron chi connectivity index (χ2n) is 8.03. The van der Waals surface area contributed by atoms with Gasteiger partial charge in [0.1, 0.15) is 6.20 Å². The van der Waals surface area contributed by atoms with Crippen molar-refractivity contribution in [2.24, 2.45) is 0 Å². The fourth-order valence-electron chi connectivity index (χ4n) is 4.21. The highest BCUT2D eigenvalue weighted by Crippen LogP contribution is 2.32. The van der Waals surface area contributed by atoms with Gasteiger partial charge in [-0.05, 0) is 34.8 Å². The molecule has 0 saturated carbocycles. The van der Waals surface area contributed by atoms with E-state index in [1.807, 2.05) is 53.7 Å². The molecule has 0 radical (unpaired) electrons. The van der Waals surface area contributed by atoms with Gasteiger partial charge in [-0.15, -0.1) is 4.68 Å². The molecule has 2 aromatic heterocycles. The van der Waals surface area contributed by atoms with E-state index < -0.39 is 0 Å². The number of rotatable bonds is 7. The number of ether oxygens (including phenoxy) is 2. The molecule has 1 aromatic carbocycles. The Balaban J connectivity index is 1.34. The van der Waals surface area contributed by atoms with Crippen molar-refractivity contribution in [3.63, 3.8) is 0 Å². The first-order chi connectivity index (χ1) is 15.3. The summed E-state index contributed by atoms with van der Waals surface area (Å²) in [5.41, 5.74) is 1.62. The molecular weight excluding hydrogens is 394 g/mol. The average molecular weight is 422 g/mol. The van der Waals surface area contributed by atoms with Crippen molar-refractivity contribution >= 4 is 5.91 Å². The third-order valence-corrected chi connectivity index (χ3v) is 5.93. The number of benzene rings is 1. The molecule has 1 fully saturated rings. The van der Waals surface area contributed by atoms with Crippen molar-refractivity contribution in [2.45, 2.75) is 19.4 Å². The maximum absolute atomic E-state index is 13.4. The van der Waals surface area contributed by atoms with E-state index in [9.17, 15) is 4.79 Å². The normalized spacial score (nSPS) is 15.4. The number of aromatic amines is 1. The maximum atomic E-state index is 13.4. The summed E-state index contributed by atoms with van der Waals surface area (Å²) in [7, 11) is 0. The Bertz CT molecular complexity index is 1030. The molecule has 8 nitrogen and oxygen atoms in total. The van der Waals surface area contributed by atoms with E-state index in [2.05, 4.69) is 10.1 Å². The number of carbonyl (C=O) groups excluding carboxylic acids is 1. The van der Waals surface area contributed by atoms with Gasteiger partial charge in [0.25, 0.3) is 5.91 Å². The number of nitrogens with one attached hydrogen (secondary N) is 2. The zero-order chi connectivity index (χ0) is 21.0. The van der Waals surface area contributed by atoms with Gasteiger partial charge in [-0.3, -0.25) is 4.79 Å². The minimum Gasteiger partial charge on any atom is -0.454 e. The number of fused-ring (bicyclic) bond motifs is 1. The molecule has 5 rings (SSSR count).